The van der Waals surface area contributed by atoms with E-state index >= 15 is 0 Å². The zero-order chi connectivity index (χ0) is 30.7. The molecule has 4 aliphatic rings. The van der Waals surface area contributed by atoms with E-state index in [0.29, 0.717) is 62.1 Å². The SMILES string of the molecule is CS(=O)(=O)CCC(=O)N1CCCOc2cccc(c2)C2c3ccc(cc3CCN2C(=O)Cc2ccc3c(c2)OCO3)OCC1. The van der Waals surface area contributed by atoms with Crippen LogP contribution in [0, 0.1) is 0 Å². The number of ether oxygens (including phenoxy) is 4. The van der Waals surface area contributed by atoms with Gasteiger partial charge in [0.25, 0.3) is 0 Å². The normalized spacial score (nSPS) is 18.0. The molecular weight excluding hydrogens is 584 g/mol. The Labute approximate surface area is 257 Å². The Bertz CT molecular complexity index is 1660. The second kappa shape index (κ2) is 12.8. The van der Waals surface area contributed by atoms with Crippen molar-refractivity contribution < 1.29 is 37.0 Å². The lowest BCUT2D eigenvalue weighted by atomic mass is 9.87. The standard InChI is InChI=1S/C33H36N2O8S/c1-44(38,39)17-11-31(36)34-12-3-15-40-26-5-2-4-25(21-26)33-28-8-7-27(41-16-14-34)20-24(28)10-13-35(33)32(37)19-23-6-9-29-30(18-23)43-22-42-29/h2,4-9,18,20-21,33H,3,10-17,19,22H2,1H3. The lowest BCUT2D eigenvalue weighted by Gasteiger charge is -2.38. The number of nitrogens with zero attached hydrogens (tertiary/aromatic N) is 2. The molecular formula is C33H36N2O8S. The molecule has 7 rings (SSSR count). The third kappa shape index (κ3) is 6.93. The van der Waals surface area contributed by atoms with E-state index in [1.807, 2.05) is 65.6 Å². The van der Waals surface area contributed by atoms with Gasteiger partial charge in [0, 0.05) is 25.8 Å². The lowest BCUT2D eigenvalue weighted by Crippen LogP contribution is -2.41. The number of rotatable bonds is 5. The number of carbonyl (C=O) groups excluding carboxylic acids is 2. The van der Waals surface area contributed by atoms with Gasteiger partial charge < -0.3 is 28.7 Å². The summed E-state index contributed by atoms with van der Waals surface area (Å²) in [6.45, 7) is 2.12. The van der Waals surface area contributed by atoms with Crippen LogP contribution in [0.5, 0.6) is 23.0 Å². The predicted octanol–water partition coefficient (Wildman–Crippen LogP) is 3.56. The topological polar surface area (TPSA) is 112 Å². The van der Waals surface area contributed by atoms with Gasteiger partial charge in [0.1, 0.15) is 27.9 Å². The molecule has 0 radical (unpaired) electrons. The third-order valence-corrected chi connectivity index (χ3v) is 9.09. The zero-order valence-corrected chi connectivity index (χ0v) is 25.5. The highest BCUT2D eigenvalue weighted by Gasteiger charge is 2.33. The van der Waals surface area contributed by atoms with Crippen LogP contribution in [0.1, 0.15) is 41.1 Å². The van der Waals surface area contributed by atoms with Gasteiger partial charge in [-0.15, -0.1) is 0 Å². The summed E-state index contributed by atoms with van der Waals surface area (Å²) in [7, 11) is -3.25. The lowest BCUT2D eigenvalue weighted by molar-refractivity contribution is -0.133. The Hall–Kier alpha value is -4.25. The van der Waals surface area contributed by atoms with E-state index in [4.69, 9.17) is 18.9 Å². The molecule has 3 aromatic carbocycles. The summed E-state index contributed by atoms with van der Waals surface area (Å²) in [5.41, 5.74) is 3.94. The highest BCUT2D eigenvalue weighted by molar-refractivity contribution is 7.90. The Morgan fingerprint density at radius 1 is 0.841 bits per heavy atom. The fourth-order valence-corrected chi connectivity index (χ4v) is 6.48. The maximum atomic E-state index is 13.9. The van der Waals surface area contributed by atoms with Crippen LogP contribution >= 0.6 is 0 Å². The van der Waals surface area contributed by atoms with Crippen molar-refractivity contribution in [1.82, 2.24) is 9.80 Å². The fraction of sp³-hybridized carbons (Fsp3) is 0.394. The number of amides is 2. The predicted molar refractivity (Wildman–Crippen MR) is 163 cm³/mol. The molecule has 44 heavy (non-hydrogen) atoms. The molecule has 1 atom stereocenters. The second-order valence-corrected chi connectivity index (χ2v) is 13.6. The van der Waals surface area contributed by atoms with E-state index in [1.54, 1.807) is 4.90 Å². The zero-order valence-electron chi connectivity index (χ0n) is 24.7. The Morgan fingerprint density at radius 2 is 1.66 bits per heavy atom. The molecule has 232 valence electrons. The van der Waals surface area contributed by atoms with Crippen LogP contribution < -0.4 is 18.9 Å². The molecule has 4 aliphatic heterocycles. The summed E-state index contributed by atoms with van der Waals surface area (Å²) in [5, 5.41) is 0. The smallest absolute Gasteiger partial charge is 0.231 e. The van der Waals surface area contributed by atoms with Crippen LogP contribution in [0.3, 0.4) is 0 Å². The summed E-state index contributed by atoms with van der Waals surface area (Å²) >= 11 is 0. The minimum absolute atomic E-state index is 0.0150. The summed E-state index contributed by atoms with van der Waals surface area (Å²) in [4.78, 5) is 30.3. The molecule has 0 saturated heterocycles. The van der Waals surface area contributed by atoms with Crippen LogP contribution in [0.25, 0.3) is 0 Å². The quantitative estimate of drug-likeness (QED) is 0.426. The van der Waals surface area contributed by atoms with Crippen molar-refractivity contribution in [1.29, 1.82) is 0 Å². The van der Waals surface area contributed by atoms with Gasteiger partial charge in [-0.05, 0) is 71.5 Å². The number of hydrogen-bond donors (Lipinski definition) is 0. The van der Waals surface area contributed by atoms with Gasteiger partial charge in [-0.1, -0.05) is 24.3 Å². The van der Waals surface area contributed by atoms with Crippen LogP contribution in [0.2, 0.25) is 0 Å². The largest absolute Gasteiger partial charge is 0.494 e. The first-order valence-corrected chi connectivity index (χ1v) is 16.9. The number of fused-ring (bicyclic) bond motifs is 9. The molecule has 0 aliphatic carbocycles. The van der Waals surface area contributed by atoms with E-state index in [-0.39, 0.29) is 49.9 Å². The van der Waals surface area contributed by atoms with Crippen molar-refractivity contribution in [3.05, 3.63) is 82.9 Å². The van der Waals surface area contributed by atoms with Crippen LogP contribution in [-0.2, 0) is 32.3 Å². The number of carbonyl (C=O) groups is 2. The Kier molecular flexibility index (Phi) is 8.65. The molecule has 0 N–H and O–H groups in total. The van der Waals surface area contributed by atoms with Gasteiger partial charge in [0.15, 0.2) is 11.5 Å². The average molecular weight is 621 g/mol. The maximum Gasteiger partial charge on any atom is 0.231 e. The monoisotopic (exact) mass is 620 g/mol. The number of benzene rings is 3. The first-order valence-electron chi connectivity index (χ1n) is 14.9. The van der Waals surface area contributed by atoms with Crippen molar-refractivity contribution >= 4 is 21.7 Å². The Morgan fingerprint density at radius 3 is 2.52 bits per heavy atom. The van der Waals surface area contributed by atoms with E-state index in [2.05, 4.69) is 0 Å². The van der Waals surface area contributed by atoms with E-state index in [0.717, 1.165) is 28.5 Å². The molecule has 2 amide bonds. The number of sulfone groups is 1. The first kappa shape index (κ1) is 29.8. The average Bonchev–Trinajstić information content (AvgIpc) is 3.48. The third-order valence-electron chi connectivity index (χ3n) is 8.14. The molecule has 4 heterocycles. The van der Waals surface area contributed by atoms with E-state index < -0.39 is 9.84 Å². The van der Waals surface area contributed by atoms with Crippen molar-refractivity contribution in [2.45, 2.75) is 31.7 Å². The molecule has 1 unspecified atom stereocenters. The summed E-state index contributed by atoms with van der Waals surface area (Å²) in [6, 6.07) is 19.1. The van der Waals surface area contributed by atoms with E-state index in [1.165, 1.54) is 0 Å². The maximum absolute atomic E-state index is 13.9. The van der Waals surface area contributed by atoms with Crippen LogP contribution in [0.15, 0.2) is 60.7 Å². The van der Waals surface area contributed by atoms with Gasteiger partial charge in [0.2, 0.25) is 18.6 Å². The summed E-state index contributed by atoms with van der Waals surface area (Å²) in [6.07, 6.45) is 2.54. The molecule has 0 spiro atoms. The van der Waals surface area contributed by atoms with Gasteiger partial charge in [0.05, 0.1) is 31.4 Å². The molecule has 0 aromatic heterocycles. The highest BCUT2D eigenvalue weighted by atomic mass is 32.2. The molecule has 0 fully saturated rings. The minimum atomic E-state index is -3.25. The summed E-state index contributed by atoms with van der Waals surface area (Å²) in [5.74, 6) is 2.32. The van der Waals surface area contributed by atoms with Crippen molar-refractivity contribution in [3.63, 3.8) is 0 Å². The van der Waals surface area contributed by atoms with Crippen LogP contribution in [0.4, 0.5) is 0 Å². The van der Waals surface area contributed by atoms with Crippen molar-refractivity contribution in [3.8, 4) is 23.0 Å². The molecule has 3 aromatic rings. The first-order chi connectivity index (χ1) is 21.2. The van der Waals surface area contributed by atoms with Gasteiger partial charge >= 0.3 is 0 Å². The molecule has 10 nitrogen and oxygen atoms in total. The Balaban J connectivity index is 1.26. The second-order valence-electron chi connectivity index (χ2n) is 11.3. The van der Waals surface area contributed by atoms with Crippen molar-refractivity contribution in [2.24, 2.45) is 0 Å². The van der Waals surface area contributed by atoms with Gasteiger partial charge in [-0.2, -0.15) is 0 Å². The molecule has 11 heteroatoms. The van der Waals surface area contributed by atoms with Gasteiger partial charge in [-0.3, -0.25) is 9.59 Å². The summed E-state index contributed by atoms with van der Waals surface area (Å²) < 4.78 is 46.4. The van der Waals surface area contributed by atoms with Crippen LogP contribution in [-0.4, -0.2) is 81.7 Å². The number of hydrogen-bond acceptors (Lipinski definition) is 8. The van der Waals surface area contributed by atoms with E-state index in [9.17, 15) is 18.0 Å². The molecule has 6 bridgehead atoms. The minimum Gasteiger partial charge on any atom is -0.494 e. The fourth-order valence-electron chi connectivity index (χ4n) is 5.93. The molecule has 0 saturated carbocycles. The highest BCUT2D eigenvalue weighted by Crippen LogP contribution is 2.39. The van der Waals surface area contributed by atoms with Crippen molar-refractivity contribution in [2.75, 3.05) is 51.6 Å². The van der Waals surface area contributed by atoms with Gasteiger partial charge in [-0.25, -0.2) is 8.42 Å².